The minimum atomic E-state index is -0.476. The number of nitrogens with two attached hydrogens (primary N) is 1. The van der Waals surface area contributed by atoms with E-state index in [9.17, 15) is 4.79 Å². The van der Waals surface area contributed by atoms with Crippen molar-refractivity contribution >= 4 is 16.9 Å². The fraction of sp³-hybridized carbons (Fsp3) is 0.0625. The summed E-state index contributed by atoms with van der Waals surface area (Å²) >= 11 is 0. The van der Waals surface area contributed by atoms with Crippen molar-refractivity contribution in [1.29, 1.82) is 0 Å². The maximum atomic E-state index is 11.5. The second kappa shape index (κ2) is 3.87. The third-order valence-electron chi connectivity index (χ3n) is 3.66. The number of hydrogen-bond acceptors (Lipinski definition) is 3. The number of carbonyl (C=O) groups is 1. The summed E-state index contributed by atoms with van der Waals surface area (Å²) in [4.78, 5) is 20.8. The summed E-state index contributed by atoms with van der Waals surface area (Å²) in [6, 6.07) is 13.4. The number of rotatable bonds is 1. The van der Waals surface area contributed by atoms with Crippen LogP contribution in [0.1, 0.15) is 21.6 Å². The standard InChI is InChI=1S/C16H11N3O/c17-16(20)11-6-3-7-12-15(11)19-14-10-5-2-1-4-9(10)8-13(14)18-12/h1-7H,8H2,(H2,17,20). The highest BCUT2D eigenvalue weighted by molar-refractivity contribution is 6.04. The summed E-state index contributed by atoms with van der Waals surface area (Å²) < 4.78 is 0. The van der Waals surface area contributed by atoms with Crippen LogP contribution in [0.4, 0.5) is 0 Å². The number of fused-ring (bicyclic) bond motifs is 4. The molecule has 0 unspecified atom stereocenters. The number of amides is 1. The van der Waals surface area contributed by atoms with Gasteiger partial charge in [-0.1, -0.05) is 30.3 Å². The number of carbonyl (C=O) groups excluding carboxylic acids is 1. The van der Waals surface area contributed by atoms with Crippen LogP contribution in [0.25, 0.3) is 22.3 Å². The molecule has 3 aromatic rings. The molecule has 1 aliphatic carbocycles. The lowest BCUT2D eigenvalue weighted by Gasteiger charge is -2.05. The van der Waals surface area contributed by atoms with Gasteiger partial charge in [0.05, 0.1) is 22.5 Å². The molecule has 2 aromatic carbocycles. The molecule has 0 saturated carbocycles. The lowest BCUT2D eigenvalue weighted by Crippen LogP contribution is -2.12. The van der Waals surface area contributed by atoms with Gasteiger partial charge in [-0.05, 0) is 17.7 Å². The van der Waals surface area contributed by atoms with Gasteiger partial charge in [-0.15, -0.1) is 0 Å². The third-order valence-corrected chi connectivity index (χ3v) is 3.66. The van der Waals surface area contributed by atoms with Crippen LogP contribution < -0.4 is 5.73 Å². The van der Waals surface area contributed by atoms with Crippen LogP contribution >= 0.6 is 0 Å². The lowest BCUT2D eigenvalue weighted by molar-refractivity contribution is 0.100. The molecule has 0 fully saturated rings. The molecule has 1 heterocycles. The largest absolute Gasteiger partial charge is 0.366 e. The minimum absolute atomic E-state index is 0.419. The molecule has 1 amide bonds. The number of para-hydroxylation sites is 1. The molecule has 0 radical (unpaired) electrons. The van der Waals surface area contributed by atoms with Crippen molar-refractivity contribution in [3.63, 3.8) is 0 Å². The van der Waals surface area contributed by atoms with Gasteiger partial charge in [-0.3, -0.25) is 4.79 Å². The summed E-state index contributed by atoms with van der Waals surface area (Å²) in [6.07, 6.45) is 0.787. The molecular formula is C16H11N3O. The van der Waals surface area contributed by atoms with Crippen LogP contribution in [0.3, 0.4) is 0 Å². The predicted molar refractivity (Wildman–Crippen MR) is 76.3 cm³/mol. The van der Waals surface area contributed by atoms with Gasteiger partial charge < -0.3 is 5.73 Å². The molecule has 0 spiro atoms. The first-order valence-corrected chi connectivity index (χ1v) is 6.42. The van der Waals surface area contributed by atoms with Crippen molar-refractivity contribution in [3.8, 4) is 11.3 Å². The van der Waals surface area contributed by atoms with E-state index in [1.54, 1.807) is 12.1 Å². The Kier molecular flexibility index (Phi) is 2.15. The van der Waals surface area contributed by atoms with Crippen molar-refractivity contribution in [2.24, 2.45) is 5.73 Å². The van der Waals surface area contributed by atoms with E-state index in [0.29, 0.717) is 16.6 Å². The molecule has 2 N–H and O–H groups in total. The molecular weight excluding hydrogens is 250 g/mol. The number of benzene rings is 2. The summed E-state index contributed by atoms with van der Waals surface area (Å²) in [7, 11) is 0. The van der Waals surface area contributed by atoms with Crippen molar-refractivity contribution in [2.45, 2.75) is 6.42 Å². The highest BCUT2D eigenvalue weighted by Crippen LogP contribution is 2.35. The topological polar surface area (TPSA) is 68.9 Å². The fourth-order valence-electron chi connectivity index (χ4n) is 2.74. The molecule has 4 rings (SSSR count). The summed E-state index contributed by atoms with van der Waals surface area (Å²) in [6.45, 7) is 0. The van der Waals surface area contributed by atoms with Crippen LogP contribution in [0.5, 0.6) is 0 Å². The quantitative estimate of drug-likeness (QED) is 0.571. The number of aromatic nitrogens is 2. The third kappa shape index (κ3) is 1.45. The molecule has 96 valence electrons. The number of nitrogens with zero attached hydrogens (tertiary/aromatic N) is 2. The Balaban J connectivity index is 2.07. The van der Waals surface area contributed by atoms with Crippen molar-refractivity contribution in [1.82, 2.24) is 9.97 Å². The normalized spacial score (nSPS) is 12.2. The van der Waals surface area contributed by atoms with E-state index in [0.717, 1.165) is 23.4 Å². The first-order valence-electron chi connectivity index (χ1n) is 6.42. The second-order valence-corrected chi connectivity index (χ2v) is 4.89. The Labute approximate surface area is 115 Å². The Hall–Kier alpha value is -2.75. The van der Waals surface area contributed by atoms with Crippen LogP contribution in [0, 0.1) is 0 Å². The van der Waals surface area contributed by atoms with Crippen LogP contribution in [0.2, 0.25) is 0 Å². The molecule has 1 aromatic heterocycles. The molecule has 1 aliphatic rings. The van der Waals surface area contributed by atoms with Gasteiger partial charge in [0, 0.05) is 12.0 Å². The fourth-order valence-corrected chi connectivity index (χ4v) is 2.74. The molecule has 0 aliphatic heterocycles. The van der Waals surface area contributed by atoms with Gasteiger partial charge in [-0.2, -0.15) is 0 Å². The number of hydrogen-bond donors (Lipinski definition) is 1. The molecule has 4 nitrogen and oxygen atoms in total. The van der Waals surface area contributed by atoms with Gasteiger partial charge in [0.15, 0.2) is 0 Å². The Bertz CT molecular complexity index is 871. The summed E-state index contributed by atoms with van der Waals surface area (Å²) in [5.74, 6) is -0.476. The van der Waals surface area contributed by atoms with E-state index >= 15 is 0 Å². The highest BCUT2D eigenvalue weighted by atomic mass is 16.1. The first-order chi connectivity index (χ1) is 9.74. The maximum absolute atomic E-state index is 11.5. The molecule has 0 bridgehead atoms. The zero-order chi connectivity index (χ0) is 13.7. The highest BCUT2D eigenvalue weighted by Gasteiger charge is 2.22. The van der Waals surface area contributed by atoms with Crippen LogP contribution in [-0.2, 0) is 6.42 Å². The molecule has 0 saturated heterocycles. The zero-order valence-electron chi connectivity index (χ0n) is 10.6. The minimum Gasteiger partial charge on any atom is -0.366 e. The first kappa shape index (κ1) is 11.1. The van der Waals surface area contributed by atoms with Crippen molar-refractivity contribution in [2.75, 3.05) is 0 Å². The Morgan fingerprint density at radius 2 is 1.90 bits per heavy atom. The summed E-state index contributed by atoms with van der Waals surface area (Å²) in [5, 5.41) is 0. The SMILES string of the molecule is NC(=O)c1cccc2nc3c(nc12)-c1ccccc1C3. The van der Waals surface area contributed by atoms with Crippen LogP contribution in [0.15, 0.2) is 42.5 Å². The Morgan fingerprint density at radius 1 is 1.05 bits per heavy atom. The van der Waals surface area contributed by atoms with E-state index in [-0.39, 0.29) is 0 Å². The van der Waals surface area contributed by atoms with E-state index in [1.807, 2.05) is 24.3 Å². The zero-order valence-corrected chi connectivity index (χ0v) is 10.6. The van der Waals surface area contributed by atoms with Crippen LogP contribution in [-0.4, -0.2) is 15.9 Å². The van der Waals surface area contributed by atoms with E-state index in [2.05, 4.69) is 16.0 Å². The van der Waals surface area contributed by atoms with Crippen molar-refractivity contribution in [3.05, 3.63) is 59.3 Å². The monoisotopic (exact) mass is 261 g/mol. The average Bonchev–Trinajstić information content (AvgIpc) is 2.81. The summed E-state index contributed by atoms with van der Waals surface area (Å²) in [5.41, 5.74) is 11.3. The molecule has 4 heteroatoms. The maximum Gasteiger partial charge on any atom is 0.250 e. The van der Waals surface area contributed by atoms with Gasteiger partial charge in [0.25, 0.3) is 5.91 Å². The molecule has 0 atom stereocenters. The van der Waals surface area contributed by atoms with Gasteiger partial charge in [0.2, 0.25) is 0 Å². The Morgan fingerprint density at radius 3 is 2.75 bits per heavy atom. The lowest BCUT2D eigenvalue weighted by atomic mass is 10.1. The van der Waals surface area contributed by atoms with E-state index < -0.39 is 5.91 Å². The molecule has 20 heavy (non-hydrogen) atoms. The van der Waals surface area contributed by atoms with Gasteiger partial charge in [0.1, 0.15) is 5.52 Å². The predicted octanol–water partition coefficient (Wildman–Crippen LogP) is 2.30. The van der Waals surface area contributed by atoms with Crippen molar-refractivity contribution < 1.29 is 4.79 Å². The second-order valence-electron chi connectivity index (χ2n) is 4.89. The average molecular weight is 261 g/mol. The van der Waals surface area contributed by atoms with E-state index in [1.165, 1.54) is 5.56 Å². The smallest absolute Gasteiger partial charge is 0.250 e. The van der Waals surface area contributed by atoms with E-state index in [4.69, 9.17) is 5.73 Å². The van der Waals surface area contributed by atoms with Gasteiger partial charge in [-0.25, -0.2) is 9.97 Å². The van der Waals surface area contributed by atoms with Gasteiger partial charge >= 0.3 is 0 Å². The number of primary amides is 1.